The minimum absolute atomic E-state index is 0.333. The summed E-state index contributed by atoms with van der Waals surface area (Å²) >= 11 is 5.91. The van der Waals surface area contributed by atoms with Crippen LogP contribution in [0.2, 0.25) is 5.02 Å². The molecule has 0 saturated heterocycles. The summed E-state index contributed by atoms with van der Waals surface area (Å²) in [6.45, 7) is 1.87. The zero-order chi connectivity index (χ0) is 19.5. The SMILES string of the molecule is C/C(=N/NC(=O)c1cc(-c2ccc(Cl)cc2)n[nH]1)c1cccc2ccccc12. The highest BCUT2D eigenvalue weighted by atomic mass is 35.5. The summed E-state index contributed by atoms with van der Waals surface area (Å²) in [6, 6.07) is 23.0. The molecule has 2 N–H and O–H groups in total. The van der Waals surface area contributed by atoms with E-state index in [0.29, 0.717) is 16.4 Å². The van der Waals surface area contributed by atoms with Gasteiger partial charge in [0.1, 0.15) is 5.69 Å². The van der Waals surface area contributed by atoms with E-state index in [1.807, 2.05) is 61.5 Å². The smallest absolute Gasteiger partial charge is 0.272 e. The van der Waals surface area contributed by atoms with Crippen LogP contribution < -0.4 is 5.43 Å². The Morgan fingerprint density at radius 1 is 1.04 bits per heavy atom. The lowest BCUT2D eigenvalue weighted by atomic mass is 10.0. The molecule has 0 aliphatic carbocycles. The topological polar surface area (TPSA) is 70.1 Å². The lowest BCUT2D eigenvalue weighted by Crippen LogP contribution is -2.19. The lowest BCUT2D eigenvalue weighted by Gasteiger charge is -2.06. The third kappa shape index (κ3) is 3.66. The van der Waals surface area contributed by atoms with Crippen molar-refractivity contribution in [3.8, 4) is 11.3 Å². The van der Waals surface area contributed by atoms with Gasteiger partial charge in [-0.2, -0.15) is 10.2 Å². The van der Waals surface area contributed by atoms with E-state index in [4.69, 9.17) is 11.6 Å². The van der Waals surface area contributed by atoms with Crippen LogP contribution in [0.15, 0.2) is 77.9 Å². The van der Waals surface area contributed by atoms with Crippen molar-refractivity contribution in [2.24, 2.45) is 5.10 Å². The van der Waals surface area contributed by atoms with Crippen LogP contribution in [0.5, 0.6) is 0 Å². The molecular weight excluding hydrogens is 372 g/mol. The first-order valence-corrected chi connectivity index (χ1v) is 9.14. The second kappa shape index (κ2) is 7.66. The van der Waals surface area contributed by atoms with E-state index in [0.717, 1.165) is 27.6 Å². The largest absolute Gasteiger partial charge is 0.289 e. The average molecular weight is 389 g/mol. The molecule has 0 aliphatic heterocycles. The molecule has 0 atom stereocenters. The predicted molar refractivity (Wildman–Crippen MR) is 113 cm³/mol. The fourth-order valence-corrected chi connectivity index (χ4v) is 3.13. The van der Waals surface area contributed by atoms with E-state index >= 15 is 0 Å². The van der Waals surface area contributed by atoms with Gasteiger partial charge in [0.2, 0.25) is 0 Å². The molecule has 138 valence electrons. The molecule has 4 aromatic rings. The molecule has 1 heterocycles. The number of aromatic amines is 1. The Balaban J connectivity index is 1.53. The van der Waals surface area contributed by atoms with E-state index in [2.05, 4.69) is 20.7 Å². The molecule has 0 radical (unpaired) electrons. The number of carbonyl (C=O) groups is 1. The van der Waals surface area contributed by atoms with E-state index in [1.54, 1.807) is 18.2 Å². The fraction of sp³-hybridized carbons (Fsp3) is 0.0455. The molecule has 0 saturated carbocycles. The monoisotopic (exact) mass is 388 g/mol. The highest BCUT2D eigenvalue weighted by Gasteiger charge is 2.11. The Hall–Kier alpha value is -3.44. The molecule has 5 nitrogen and oxygen atoms in total. The van der Waals surface area contributed by atoms with Crippen LogP contribution in [0, 0.1) is 0 Å². The molecule has 0 bridgehead atoms. The molecule has 3 aromatic carbocycles. The van der Waals surface area contributed by atoms with Crippen LogP contribution in [0.4, 0.5) is 0 Å². The van der Waals surface area contributed by atoms with Gasteiger partial charge in [0.15, 0.2) is 0 Å². The number of carbonyl (C=O) groups excluding carboxylic acids is 1. The van der Waals surface area contributed by atoms with Gasteiger partial charge in [-0.3, -0.25) is 9.89 Å². The highest BCUT2D eigenvalue weighted by molar-refractivity contribution is 6.30. The van der Waals surface area contributed by atoms with E-state index in [-0.39, 0.29) is 5.91 Å². The summed E-state index contributed by atoms with van der Waals surface area (Å²) in [5.41, 5.74) is 6.16. The second-order valence-corrected chi connectivity index (χ2v) is 6.78. The zero-order valence-electron chi connectivity index (χ0n) is 15.1. The van der Waals surface area contributed by atoms with Crippen LogP contribution in [-0.4, -0.2) is 21.8 Å². The molecule has 4 rings (SSSR count). The normalized spacial score (nSPS) is 11.6. The number of halogens is 1. The van der Waals surface area contributed by atoms with E-state index < -0.39 is 0 Å². The van der Waals surface area contributed by atoms with Gasteiger partial charge in [-0.25, -0.2) is 5.43 Å². The Labute approximate surface area is 167 Å². The van der Waals surface area contributed by atoms with Gasteiger partial charge in [-0.05, 0) is 35.9 Å². The predicted octanol–water partition coefficient (Wildman–Crippen LogP) is 5.04. The molecule has 1 amide bonds. The number of benzene rings is 3. The summed E-state index contributed by atoms with van der Waals surface area (Å²) in [5, 5.41) is 14.1. The summed E-state index contributed by atoms with van der Waals surface area (Å²) in [4.78, 5) is 12.4. The number of fused-ring (bicyclic) bond motifs is 1. The lowest BCUT2D eigenvalue weighted by molar-refractivity contribution is 0.0950. The maximum atomic E-state index is 12.4. The van der Waals surface area contributed by atoms with E-state index in [9.17, 15) is 4.79 Å². The Morgan fingerprint density at radius 2 is 1.79 bits per heavy atom. The third-order valence-corrected chi connectivity index (χ3v) is 4.72. The number of nitrogens with one attached hydrogen (secondary N) is 2. The number of aromatic nitrogens is 2. The second-order valence-electron chi connectivity index (χ2n) is 6.34. The average Bonchev–Trinajstić information content (AvgIpc) is 3.22. The van der Waals surface area contributed by atoms with Crippen molar-refractivity contribution in [2.75, 3.05) is 0 Å². The van der Waals surface area contributed by atoms with Crippen molar-refractivity contribution in [3.63, 3.8) is 0 Å². The van der Waals surface area contributed by atoms with Gasteiger partial charge in [0.25, 0.3) is 5.91 Å². The van der Waals surface area contributed by atoms with Crippen LogP contribution in [0.3, 0.4) is 0 Å². The Bertz CT molecular complexity index is 1170. The number of H-pyrrole nitrogens is 1. The highest BCUT2D eigenvalue weighted by Crippen LogP contribution is 2.21. The minimum Gasteiger partial charge on any atom is -0.272 e. The number of hydrogen-bond acceptors (Lipinski definition) is 3. The first kappa shape index (κ1) is 17.9. The molecular formula is C22H17ClN4O. The van der Waals surface area contributed by atoms with Crippen molar-refractivity contribution in [1.29, 1.82) is 0 Å². The maximum Gasteiger partial charge on any atom is 0.289 e. The van der Waals surface area contributed by atoms with Crippen molar-refractivity contribution >= 4 is 34.0 Å². The Kier molecular flexibility index (Phi) is 4.91. The first-order valence-electron chi connectivity index (χ1n) is 8.76. The van der Waals surface area contributed by atoms with Crippen LogP contribution in [-0.2, 0) is 0 Å². The standard InChI is InChI=1S/C22H17ClN4O/c1-14(18-8-4-6-15-5-2-3-7-19(15)18)24-27-22(28)21-13-20(25-26-21)16-9-11-17(23)12-10-16/h2-13H,1H3,(H,25,26)(H,27,28)/b24-14-. The van der Waals surface area contributed by atoms with Gasteiger partial charge < -0.3 is 0 Å². The summed E-state index contributed by atoms with van der Waals surface area (Å²) in [7, 11) is 0. The molecule has 1 aromatic heterocycles. The Morgan fingerprint density at radius 3 is 2.61 bits per heavy atom. The van der Waals surface area contributed by atoms with Gasteiger partial charge in [-0.15, -0.1) is 0 Å². The summed E-state index contributed by atoms with van der Waals surface area (Å²) in [6.07, 6.45) is 0. The van der Waals surface area contributed by atoms with Crippen LogP contribution in [0.25, 0.3) is 22.0 Å². The quantitative estimate of drug-likeness (QED) is 0.380. The van der Waals surface area contributed by atoms with Gasteiger partial charge in [-0.1, -0.05) is 66.2 Å². The first-order chi connectivity index (χ1) is 13.6. The molecule has 0 fully saturated rings. The van der Waals surface area contributed by atoms with Crippen LogP contribution >= 0.6 is 11.6 Å². The summed E-state index contributed by atoms with van der Waals surface area (Å²) < 4.78 is 0. The van der Waals surface area contributed by atoms with Crippen LogP contribution in [0.1, 0.15) is 23.0 Å². The van der Waals surface area contributed by atoms with Gasteiger partial charge in [0, 0.05) is 16.1 Å². The van der Waals surface area contributed by atoms with Crippen molar-refractivity contribution in [2.45, 2.75) is 6.92 Å². The molecule has 28 heavy (non-hydrogen) atoms. The van der Waals surface area contributed by atoms with Crippen molar-refractivity contribution < 1.29 is 4.79 Å². The number of rotatable bonds is 4. The number of hydrazone groups is 1. The molecule has 0 spiro atoms. The molecule has 0 aliphatic rings. The summed E-state index contributed by atoms with van der Waals surface area (Å²) in [5.74, 6) is -0.354. The maximum absolute atomic E-state index is 12.4. The molecule has 0 unspecified atom stereocenters. The minimum atomic E-state index is -0.354. The number of amides is 1. The fourth-order valence-electron chi connectivity index (χ4n) is 3.00. The zero-order valence-corrected chi connectivity index (χ0v) is 15.9. The van der Waals surface area contributed by atoms with Gasteiger partial charge >= 0.3 is 0 Å². The van der Waals surface area contributed by atoms with E-state index in [1.165, 1.54) is 0 Å². The third-order valence-electron chi connectivity index (χ3n) is 4.47. The van der Waals surface area contributed by atoms with Gasteiger partial charge in [0.05, 0.1) is 11.4 Å². The number of nitrogens with zero attached hydrogens (tertiary/aromatic N) is 2. The number of hydrogen-bond donors (Lipinski definition) is 2. The molecule has 6 heteroatoms. The van der Waals surface area contributed by atoms with Crippen molar-refractivity contribution in [3.05, 3.63) is 89.1 Å². The van der Waals surface area contributed by atoms with Crippen molar-refractivity contribution in [1.82, 2.24) is 15.6 Å².